The molecule has 242 valence electrons. The molecule has 1 unspecified atom stereocenters. The lowest BCUT2D eigenvalue weighted by Gasteiger charge is -2.64. The summed E-state index contributed by atoms with van der Waals surface area (Å²) in [7, 11) is -0.539. The quantitative estimate of drug-likeness (QED) is 0.260. The van der Waals surface area contributed by atoms with E-state index in [1.165, 1.54) is 6.42 Å². The van der Waals surface area contributed by atoms with E-state index in [9.17, 15) is 9.59 Å². The summed E-state index contributed by atoms with van der Waals surface area (Å²) in [5.74, 6) is 0.567. The second-order valence-corrected chi connectivity index (χ2v) is 15.1. The van der Waals surface area contributed by atoms with Gasteiger partial charge in [-0.25, -0.2) is 0 Å². The summed E-state index contributed by atoms with van der Waals surface area (Å²) < 4.78 is 13.4. The van der Waals surface area contributed by atoms with Gasteiger partial charge in [0.1, 0.15) is 0 Å². The molecule has 3 heterocycles. The van der Waals surface area contributed by atoms with Crippen LogP contribution in [0.2, 0.25) is 0 Å². The van der Waals surface area contributed by atoms with Gasteiger partial charge >= 0.3 is 7.12 Å². The molecule has 0 spiro atoms. The number of carbonyl (C=O) groups is 2. The zero-order chi connectivity index (χ0) is 32.3. The molecule has 1 aromatic heterocycles. The van der Waals surface area contributed by atoms with Gasteiger partial charge in [-0.1, -0.05) is 81.4 Å². The number of nitrogens with zero attached hydrogens (tertiary/aromatic N) is 1. The molecule has 0 radical (unpaired) electrons. The average molecular weight is 625 g/mol. The largest absolute Gasteiger partial charge is 0.481 e. The third kappa shape index (κ3) is 5.33. The maximum atomic E-state index is 14.4. The number of hydrogen-bond donors (Lipinski definition) is 3. The SMILES string of the molecule is CC(C)C[C@H](NC(=O)C1(Cc2ccccc2)CC(CNC(=O)c2c[nH]c3ccccc23)=NO1)B1O[C@@H]2C[C@@H]3C[C@@H](C3(C)C)[C@]2(C)O1. The Morgan fingerprint density at radius 2 is 1.83 bits per heavy atom. The highest BCUT2D eigenvalue weighted by Crippen LogP contribution is 2.65. The topological polar surface area (TPSA) is 114 Å². The number of benzene rings is 2. The molecule has 2 aromatic carbocycles. The molecule has 3 aliphatic carbocycles. The van der Waals surface area contributed by atoms with Crippen LogP contribution in [0.1, 0.15) is 76.2 Å². The first kappa shape index (κ1) is 31.0. The molecule has 10 heteroatoms. The molecule has 3 saturated carbocycles. The van der Waals surface area contributed by atoms with E-state index in [1.807, 2.05) is 54.6 Å². The van der Waals surface area contributed by atoms with E-state index in [2.05, 4.69) is 55.4 Å². The van der Waals surface area contributed by atoms with Crippen LogP contribution in [0.4, 0.5) is 0 Å². The number of oxime groups is 1. The third-order valence-electron chi connectivity index (χ3n) is 11.2. The summed E-state index contributed by atoms with van der Waals surface area (Å²) >= 11 is 0. The van der Waals surface area contributed by atoms with Gasteiger partial charge in [0.25, 0.3) is 11.8 Å². The fourth-order valence-electron chi connectivity index (χ4n) is 8.52. The standard InChI is InChI=1S/C36H45BN4O5/c1-22(2)15-31(37-44-30-17-24-16-29(34(24,3)4)35(30,5)45-37)40-33(43)36(18-23-11-7-6-8-12-23)19-25(41-46-36)20-39-32(42)27-21-38-28-14-10-9-13-26(27)28/h6-14,21-22,24,29-31,38H,15-20H2,1-5H3,(H,39,42)(H,40,43)/t24-,29-,30+,31-,35-,36?/m0/s1. The van der Waals surface area contributed by atoms with Crippen molar-refractivity contribution in [2.75, 3.05) is 6.54 Å². The first-order chi connectivity index (χ1) is 22.0. The van der Waals surface area contributed by atoms with Gasteiger partial charge in [0.05, 0.1) is 35.5 Å². The highest BCUT2D eigenvalue weighted by atomic mass is 16.7. The third-order valence-corrected chi connectivity index (χ3v) is 11.2. The van der Waals surface area contributed by atoms with E-state index >= 15 is 0 Å². The van der Waals surface area contributed by atoms with Crippen LogP contribution in [0.15, 0.2) is 65.9 Å². The molecular formula is C36H45BN4O5. The van der Waals surface area contributed by atoms with Crippen molar-refractivity contribution in [2.45, 2.75) is 90.0 Å². The van der Waals surface area contributed by atoms with Gasteiger partial charge in [-0.05, 0) is 61.0 Å². The Balaban J connectivity index is 1.07. The van der Waals surface area contributed by atoms with Crippen molar-refractivity contribution in [3.8, 4) is 0 Å². The van der Waals surface area contributed by atoms with Gasteiger partial charge in [0.2, 0.25) is 5.60 Å². The Morgan fingerprint density at radius 1 is 1.07 bits per heavy atom. The molecule has 2 bridgehead atoms. The van der Waals surface area contributed by atoms with Crippen LogP contribution in [-0.4, -0.2) is 59.4 Å². The van der Waals surface area contributed by atoms with Crippen LogP contribution in [-0.2, 0) is 25.4 Å². The molecular weight excluding hydrogens is 579 g/mol. The van der Waals surface area contributed by atoms with Crippen LogP contribution in [0.25, 0.3) is 10.9 Å². The Hall–Kier alpha value is -3.63. The highest BCUT2D eigenvalue weighted by molar-refractivity contribution is 6.48. The molecule has 5 aliphatic rings. The van der Waals surface area contributed by atoms with Gasteiger partial charge in [0.15, 0.2) is 0 Å². The number of H-pyrrole nitrogens is 1. The molecule has 1 saturated heterocycles. The maximum Gasteiger partial charge on any atom is 0.481 e. The van der Waals surface area contributed by atoms with Gasteiger partial charge in [0, 0.05) is 29.9 Å². The predicted octanol–water partition coefficient (Wildman–Crippen LogP) is 5.45. The van der Waals surface area contributed by atoms with Gasteiger partial charge < -0.3 is 29.8 Å². The fraction of sp³-hybridized carbons (Fsp3) is 0.528. The summed E-state index contributed by atoms with van der Waals surface area (Å²) in [6.07, 6.45) is 5.18. The summed E-state index contributed by atoms with van der Waals surface area (Å²) in [5, 5.41) is 11.5. The Labute approximate surface area is 271 Å². The Morgan fingerprint density at radius 3 is 2.59 bits per heavy atom. The van der Waals surface area contributed by atoms with Gasteiger partial charge in [-0.15, -0.1) is 0 Å². The predicted molar refractivity (Wildman–Crippen MR) is 178 cm³/mol. The van der Waals surface area contributed by atoms with Crippen molar-refractivity contribution in [3.05, 3.63) is 71.9 Å². The van der Waals surface area contributed by atoms with Crippen LogP contribution in [0.3, 0.4) is 0 Å². The number of nitrogens with one attached hydrogen (secondary N) is 3. The van der Waals surface area contributed by atoms with Crippen molar-refractivity contribution in [2.24, 2.45) is 28.3 Å². The molecule has 46 heavy (non-hydrogen) atoms. The zero-order valence-electron chi connectivity index (χ0n) is 27.5. The Kier molecular flexibility index (Phi) is 7.79. The number of aromatic nitrogens is 1. The summed E-state index contributed by atoms with van der Waals surface area (Å²) in [6, 6.07) is 17.5. The lowest BCUT2D eigenvalue weighted by atomic mass is 9.43. The smallest absolute Gasteiger partial charge is 0.404 e. The van der Waals surface area contributed by atoms with Crippen LogP contribution < -0.4 is 10.6 Å². The number of rotatable bonds is 10. The number of amides is 2. The minimum atomic E-state index is -1.27. The van der Waals surface area contributed by atoms with E-state index in [0.717, 1.165) is 22.9 Å². The normalized spacial score (nSPS) is 29.9. The van der Waals surface area contributed by atoms with Crippen LogP contribution in [0.5, 0.6) is 0 Å². The maximum absolute atomic E-state index is 14.4. The van der Waals surface area contributed by atoms with Crippen molar-refractivity contribution in [1.29, 1.82) is 0 Å². The number of carbonyl (C=O) groups excluding carboxylic acids is 2. The number of para-hydroxylation sites is 1. The van der Waals surface area contributed by atoms with E-state index < -0.39 is 12.7 Å². The van der Waals surface area contributed by atoms with Crippen molar-refractivity contribution in [3.63, 3.8) is 0 Å². The van der Waals surface area contributed by atoms with E-state index in [4.69, 9.17) is 14.1 Å². The lowest BCUT2D eigenvalue weighted by molar-refractivity contribution is -0.199. The van der Waals surface area contributed by atoms with E-state index in [1.54, 1.807) is 6.20 Å². The number of aromatic amines is 1. The lowest BCUT2D eigenvalue weighted by Crippen LogP contribution is -2.65. The molecule has 9 nitrogen and oxygen atoms in total. The van der Waals surface area contributed by atoms with Crippen molar-refractivity contribution >= 4 is 35.5 Å². The summed E-state index contributed by atoms with van der Waals surface area (Å²) in [4.78, 5) is 36.7. The van der Waals surface area contributed by atoms with E-state index in [0.29, 0.717) is 41.9 Å². The van der Waals surface area contributed by atoms with Crippen LogP contribution >= 0.6 is 0 Å². The Bertz CT molecular complexity index is 1660. The van der Waals surface area contributed by atoms with E-state index in [-0.39, 0.29) is 47.8 Å². The second-order valence-electron chi connectivity index (χ2n) is 15.1. The number of hydrogen-bond acceptors (Lipinski definition) is 6. The van der Waals surface area contributed by atoms with Crippen LogP contribution in [0, 0.1) is 23.2 Å². The first-order valence-electron chi connectivity index (χ1n) is 16.7. The highest BCUT2D eigenvalue weighted by Gasteiger charge is 2.68. The molecule has 3 N–H and O–H groups in total. The summed E-state index contributed by atoms with van der Waals surface area (Å²) in [6.45, 7) is 11.4. The molecule has 2 aliphatic heterocycles. The van der Waals surface area contributed by atoms with Crippen molar-refractivity contribution < 1.29 is 23.7 Å². The molecule has 6 atom stereocenters. The number of fused-ring (bicyclic) bond motifs is 1. The minimum Gasteiger partial charge on any atom is -0.404 e. The minimum absolute atomic E-state index is 0.0255. The first-order valence-corrected chi connectivity index (χ1v) is 16.7. The monoisotopic (exact) mass is 624 g/mol. The average Bonchev–Trinajstić information content (AvgIpc) is 3.75. The zero-order valence-corrected chi connectivity index (χ0v) is 27.5. The van der Waals surface area contributed by atoms with Gasteiger partial charge in [-0.3, -0.25) is 9.59 Å². The summed E-state index contributed by atoms with van der Waals surface area (Å²) in [5.41, 5.74) is 1.62. The molecule has 3 aromatic rings. The molecule has 4 fully saturated rings. The molecule has 8 rings (SSSR count). The molecule has 2 amide bonds. The fourth-order valence-corrected chi connectivity index (χ4v) is 8.52. The van der Waals surface area contributed by atoms with Gasteiger partial charge in [-0.2, -0.15) is 0 Å². The van der Waals surface area contributed by atoms with Crippen molar-refractivity contribution in [1.82, 2.24) is 15.6 Å². The second kappa shape index (κ2) is 11.6.